The Labute approximate surface area is 130 Å². The van der Waals surface area contributed by atoms with Gasteiger partial charge >= 0.3 is 0 Å². The first-order valence-corrected chi connectivity index (χ1v) is 8.54. The van der Waals surface area contributed by atoms with Gasteiger partial charge < -0.3 is 10.5 Å². The first-order valence-electron chi connectivity index (χ1n) is 7.74. The molecule has 0 radical (unpaired) electrons. The van der Waals surface area contributed by atoms with Crippen LogP contribution in [0.5, 0.6) is 5.75 Å². The van der Waals surface area contributed by atoms with Gasteiger partial charge in [-0.3, -0.25) is 0 Å². The van der Waals surface area contributed by atoms with E-state index in [4.69, 9.17) is 10.5 Å². The van der Waals surface area contributed by atoms with Crippen LogP contribution in [0.15, 0.2) is 10.5 Å². The topological polar surface area (TPSA) is 35.2 Å². The second-order valence-corrected chi connectivity index (χ2v) is 7.26. The predicted molar refractivity (Wildman–Crippen MR) is 86.5 cm³/mol. The van der Waals surface area contributed by atoms with E-state index in [1.54, 1.807) is 7.11 Å². The van der Waals surface area contributed by atoms with Crippen LogP contribution in [0.4, 0.5) is 0 Å². The molecule has 0 saturated heterocycles. The number of benzene rings is 1. The summed E-state index contributed by atoms with van der Waals surface area (Å²) in [5.74, 6) is 1.03. The Morgan fingerprint density at radius 1 is 1.25 bits per heavy atom. The number of halogens is 1. The van der Waals surface area contributed by atoms with Crippen molar-refractivity contribution in [2.45, 2.75) is 63.3 Å². The number of aryl methyl sites for hydroxylation is 1. The normalized spacial score (nSPS) is 21.8. The van der Waals surface area contributed by atoms with E-state index in [-0.39, 0.29) is 11.5 Å². The average molecular weight is 338 g/mol. The average Bonchev–Trinajstić information content (AvgIpc) is 3.21. The Balaban J connectivity index is 2.22. The Kier molecular flexibility index (Phi) is 3.85. The zero-order valence-corrected chi connectivity index (χ0v) is 14.1. The lowest BCUT2D eigenvalue weighted by Crippen LogP contribution is -2.33. The van der Waals surface area contributed by atoms with E-state index in [0.717, 1.165) is 10.2 Å². The number of rotatable bonds is 3. The van der Waals surface area contributed by atoms with Gasteiger partial charge in [-0.1, -0.05) is 6.42 Å². The summed E-state index contributed by atoms with van der Waals surface area (Å²) < 4.78 is 6.86. The van der Waals surface area contributed by atoms with Crippen molar-refractivity contribution in [1.82, 2.24) is 0 Å². The van der Waals surface area contributed by atoms with Crippen LogP contribution in [-0.2, 0) is 18.3 Å². The molecule has 1 fully saturated rings. The van der Waals surface area contributed by atoms with Crippen molar-refractivity contribution in [2.24, 2.45) is 5.73 Å². The molecule has 0 bridgehead atoms. The van der Waals surface area contributed by atoms with Crippen molar-refractivity contribution in [1.29, 1.82) is 0 Å². The molecule has 2 aliphatic carbocycles. The second-order valence-electron chi connectivity index (χ2n) is 6.41. The molecule has 0 aromatic heterocycles. The first-order chi connectivity index (χ1) is 9.60. The zero-order valence-electron chi connectivity index (χ0n) is 12.5. The molecule has 1 aromatic carbocycles. The quantitative estimate of drug-likeness (QED) is 0.842. The number of hydrogen-bond acceptors (Lipinski definition) is 2. The molecule has 3 heteroatoms. The van der Waals surface area contributed by atoms with Crippen LogP contribution in [0.2, 0.25) is 0 Å². The minimum absolute atomic E-state index is 0.156. The highest BCUT2D eigenvalue weighted by atomic mass is 79.9. The van der Waals surface area contributed by atoms with E-state index in [9.17, 15) is 0 Å². The van der Waals surface area contributed by atoms with Crippen LogP contribution in [0.3, 0.4) is 0 Å². The van der Waals surface area contributed by atoms with E-state index >= 15 is 0 Å². The van der Waals surface area contributed by atoms with Gasteiger partial charge in [-0.15, -0.1) is 0 Å². The number of hydrogen-bond donors (Lipinski definition) is 1. The minimum atomic E-state index is 0.156. The molecule has 1 unspecified atom stereocenters. The fourth-order valence-electron chi connectivity index (χ4n) is 3.82. The number of methoxy groups -OCH3 is 1. The molecule has 0 spiro atoms. The van der Waals surface area contributed by atoms with Crippen molar-refractivity contribution < 1.29 is 4.74 Å². The van der Waals surface area contributed by atoms with Crippen molar-refractivity contribution in [3.63, 3.8) is 0 Å². The van der Waals surface area contributed by atoms with E-state index in [1.807, 2.05) is 0 Å². The van der Waals surface area contributed by atoms with Crippen LogP contribution < -0.4 is 10.5 Å². The minimum Gasteiger partial charge on any atom is -0.495 e. The standard InChI is InChI=1S/C17H24BrNO/c1-11(19)17(8-9-17)15-13-7-5-3-4-6-12(13)10-14(18)16(15)20-2/h10-11H,3-9,19H2,1-2H3. The molecule has 3 rings (SSSR count). The van der Waals surface area contributed by atoms with Gasteiger partial charge in [-0.05, 0) is 78.6 Å². The fourth-order valence-corrected chi connectivity index (χ4v) is 4.46. The largest absolute Gasteiger partial charge is 0.495 e. The summed E-state index contributed by atoms with van der Waals surface area (Å²) in [6.45, 7) is 2.15. The van der Waals surface area contributed by atoms with Gasteiger partial charge in [0.05, 0.1) is 11.6 Å². The highest BCUT2D eigenvalue weighted by molar-refractivity contribution is 9.10. The van der Waals surface area contributed by atoms with Crippen LogP contribution in [0, 0.1) is 0 Å². The van der Waals surface area contributed by atoms with Gasteiger partial charge in [0.15, 0.2) is 0 Å². The maximum Gasteiger partial charge on any atom is 0.137 e. The van der Waals surface area contributed by atoms with Gasteiger partial charge in [-0.25, -0.2) is 0 Å². The summed E-state index contributed by atoms with van der Waals surface area (Å²) in [7, 11) is 1.78. The smallest absolute Gasteiger partial charge is 0.137 e. The predicted octanol–water partition coefficient (Wildman–Crippen LogP) is 4.11. The molecule has 2 aliphatic rings. The Morgan fingerprint density at radius 2 is 1.95 bits per heavy atom. The summed E-state index contributed by atoms with van der Waals surface area (Å²) in [6.07, 6.45) is 8.70. The van der Waals surface area contributed by atoms with Crippen LogP contribution in [0.25, 0.3) is 0 Å². The van der Waals surface area contributed by atoms with E-state index in [1.165, 1.54) is 61.6 Å². The number of fused-ring (bicyclic) bond motifs is 1. The lowest BCUT2D eigenvalue weighted by molar-refractivity contribution is 0.394. The molecular weight excluding hydrogens is 314 g/mol. The summed E-state index contributed by atoms with van der Waals surface area (Å²) >= 11 is 3.72. The summed E-state index contributed by atoms with van der Waals surface area (Å²) in [6, 6.07) is 2.47. The first kappa shape index (κ1) is 14.4. The van der Waals surface area contributed by atoms with Crippen LogP contribution in [-0.4, -0.2) is 13.2 Å². The lowest BCUT2D eigenvalue weighted by Gasteiger charge is -2.28. The molecule has 20 heavy (non-hydrogen) atoms. The highest BCUT2D eigenvalue weighted by Crippen LogP contribution is 2.56. The molecule has 110 valence electrons. The maximum absolute atomic E-state index is 6.34. The summed E-state index contributed by atoms with van der Waals surface area (Å²) in [5.41, 5.74) is 11.0. The molecule has 1 atom stereocenters. The molecule has 2 N–H and O–H groups in total. The zero-order chi connectivity index (χ0) is 14.3. The molecule has 0 aliphatic heterocycles. The summed E-state index contributed by atoms with van der Waals surface area (Å²) in [5, 5.41) is 0. The van der Waals surface area contributed by atoms with Crippen molar-refractivity contribution in [3.05, 3.63) is 27.2 Å². The van der Waals surface area contributed by atoms with E-state index < -0.39 is 0 Å². The molecule has 2 nitrogen and oxygen atoms in total. The van der Waals surface area contributed by atoms with Gasteiger partial charge in [0.25, 0.3) is 0 Å². The molecule has 0 heterocycles. The monoisotopic (exact) mass is 337 g/mol. The van der Waals surface area contributed by atoms with Crippen LogP contribution >= 0.6 is 15.9 Å². The maximum atomic E-state index is 6.34. The van der Waals surface area contributed by atoms with Crippen molar-refractivity contribution in [2.75, 3.05) is 7.11 Å². The van der Waals surface area contributed by atoms with E-state index in [2.05, 4.69) is 28.9 Å². The van der Waals surface area contributed by atoms with Gasteiger partial charge in [0, 0.05) is 17.0 Å². The number of nitrogens with two attached hydrogens (primary N) is 1. The summed E-state index contributed by atoms with van der Waals surface area (Å²) in [4.78, 5) is 0. The van der Waals surface area contributed by atoms with Gasteiger partial charge in [-0.2, -0.15) is 0 Å². The van der Waals surface area contributed by atoms with E-state index in [0.29, 0.717) is 0 Å². The van der Waals surface area contributed by atoms with Crippen molar-refractivity contribution >= 4 is 15.9 Å². The molecule has 1 saturated carbocycles. The molecule has 0 amide bonds. The lowest BCUT2D eigenvalue weighted by atomic mass is 9.82. The third-order valence-corrected chi connectivity index (χ3v) is 5.76. The van der Waals surface area contributed by atoms with Gasteiger partial charge in [0.2, 0.25) is 0 Å². The Morgan fingerprint density at radius 3 is 2.55 bits per heavy atom. The third-order valence-electron chi connectivity index (χ3n) is 5.17. The van der Waals surface area contributed by atoms with Crippen molar-refractivity contribution in [3.8, 4) is 5.75 Å². The van der Waals surface area contributed by atoms with Gasteiger partial charge in [0.1, 0.15) is 5.75 Å². The Bertz CT molecular complexity index is 520. The Hall–Kier alpha value is -0.540. The molecular formula is C17H24BrNO. The molecule has 1 aromatic rings. The third kappa shape index (κ3) is 2.19. The SMILES string of the molecule is COc1c(Br)cc2c(c1C1(C(C)N)CC1)CCCCC2. The highest BCUT2D eigenvalue weighted by Gasteiger charge is 2.51. The second kappa shape index (κ2) is 5.34. The van der Waals surface area contributed by atoms with Crippen LogP contribution in [0.1, 0.15) is 55.7 Å². The number of ether oxygens (including phenoxy) is 1. The fraction of sp³-hybridized carbons (Fsp3) is 0.647.